The lowest BCUT2D eigenvalue weighted by Crippen LogP contribution is -2.33. The van der Waals surface area contributed by atoms with Crippen molar-refractivity contribution in [2.75, 3.05) is 13.7 Å². The molecule has 0 bridgehead atoms. The number of hydrogen-bond acceptors (Lipinski definition) is 3. The Morgan fingerprint density at radius 3 is 2.56 bits per heavy atom. The van der Waals surface area contributed by atoms with Gasteiger partial charge in [-0.2, -0.15) is 0 Å². The molecule has 0 saturated carbocycles. The highest BCUT2D eigenvalue weighted by Gasteiger charge is 2.00. The minimum Gasteiger partial charge on any atom is -0.494 e. The van der Waals surface area contributed by atoms with Crippen LogP contribution in [0.4, 0.5) is 0 Å². The van der Waals surface area contributed by atoms with Gasteiger partial charge >= 0.3 is 0 Å². The van der Waals surface area contributed by atoms with Gasteiger partial charge in [0.15, 0.2) is 0 Å². The summed E-state index contributed by atoms with van der Waals surface area (Å²) in [4.78, 5) is 11.2. The highest BCUT2D eigenvalue weighted by atomic mass is 16.5. The second kappa shape index (κ2) is 8.53. The zero-order valence-electron chi connectivity index (χ0n) is 11.2. The van der Waals surface area contributed by atoms with Crippen LogP contribution in [0.15, 0.2) is 24.3 Å². The third-order valence-corrected chi connectivity index (χ3v) is 2.62. The van der Waals surface area contributed by atoms with E-state index in [1.165, 1.54) is 5.56 Å². The Morgan fingerprint density at radius 2 is 1.94 bits per heavy atom. The van der Waals surface area contributed by atoms with Gasteiger partial charge in [0.1, 0.15) is 5.75 Å². The van der Waals surface area contributed by atoms with E-state index in [0.717, 1.165) is 25.0 Å². The molecule has 0 atom stereocenters. The van der Waals surface area contributed by atoms with Gasteiger partial charge in [-0.25, -0.2) is 5.43 Å². The maximum atomic E-state index is 11.2. The molecule has 18 heavy (non-hydrogen) atoms. The minimum atomic E-state index is 0.0455. The van der Waals surface area contributed by atoms with Crippen LogP contribution in [0, 0.1) is 0 Å². The first-order valence-electron chi connectivity index (χ1n) is 6.43. The molecule has 1 rings (SSSR count). The second-order valence-electron chi connectivity index (χ2n) is 4.08. The zero-order chi connectivity index (χ0) is 13.2. The number of carbonyl (C=O) groups is 1. The Labute approximate surface area is 109 Å². The summed E-state index contributed by atoms with van der Waals surface area (Å²) in [7, 11) is 1.69. The van der Waals surface area contributed by atoms with Crippen molar-refractivity contribution in [3.63, 3.8) is 0 Å². The smallest absolute Gasteiger partial charge is 0.234 e. The summed E-state index contributed by atoms with van der Waals surface area (Å²) < 4.78 is 5.38. The highest BCUT2D eigenvalue weighted by Crippen LogP contribution is 2.14. The summed E-state index contributed by atoms with van der Waals surface area (Å²) in [5.41, 5.74) is 6.48. The number of carbonyl (C=O) groups excluding carboxylic acids is 1. The molecule has 2 N–H and O–H groups in total. The van der Waals surface area contributed by atoms with E-state index in [-0.39, 0.29) is 5.91 Å². The zero-order valence-corrected chi connectivity index (χ0v) is 11.2. The number of nitrogens with one attached hydrogen (secondary N) is 2. The molecule has 0 heterocycles. The van der Waals surface area contributed by atoms with Gasteiger partial charge in [0.2, 0.25) is 5.91 Å². The van der Waals surface area contributed by atoms with E-state index in [2.05, 4.69) is 23.0 Å². The van der Waals surface area contributed by atoms with Crippen LogP contribution in [0.25, 0.3) is 0 Å². The molecule has 1 aromatic rings. The Morgan fingerprint density at radius 1 is 1.22 bits per heavy atom. The number of ether oxygens (including phenoxy) is 1. The lowest BCUT2D eigenvalue weighted by molar-refractivity contribution is -0.122. The Kier molecular flexibility index (Phi) is 6.87. The predicted molar refractivity (Wildman–Crippen MR) is 72.4 cm³/mol. The van der Waals surface area contributed by atoms with E-state index in [9.17, 15) is 4.79 Å². The number of aryl methyl sites for hydroxylation is 1. The Balaban J connectivity index is 2.21. The van der Waals surface area contributed by atoms with E-state index >= 15 is 0 Å². The molecule has 1 amide bonds. The molecule has 0 aromatic heterocycles. The predicted octanol–water partition coefficient (Wildman–Crippen LogP) is 2.05. The molecule has 0 aliphatic heterocycles. The van der Waals surface area contributed by atoms with Crippen molar-refractivity contribution in [1.29, 1.82) is 0 Å². The molecular weight excluding hydrogens is 228 g/mol. The van der Waals surface area contributed by atoms with Crippen LogP contribution in [0.5, 0.6) is 5.75 Å². The normalized spacial score (nSPS) is 10.1. The monoisotopic (exact) mass is 250 g/mol. The van der Waals surface area contributed by atoms with Gasteiger partial charge in [0, 0.05) is 13.5 Å². The van der Waals surface area contributed by atoms with E-state index in [1.807, 2.05) is 19.1 Å². The fourth-order valence-electron chi connectivity index (χ4n) is 1.74. The lowest BCUT2D eigenvalue weighted by atomic mass is 10.1. The number of rotatable bonds is 8. The summed E-state index contributed by atoms with van der Waals surface area (Å²) in [6.45, 7) is 2.67. The van der Waals surface area contributed by atoms with E-state index in [0.29, 0.717) is 13.0 Å². The lowest BCUT2D eigenvalue weighted by Gasteiger charge is -2.05. The van der Waals surface area contributed by atoms with Gasteiger partial charge in [-0.05, 0) is 43.9 Å². The fourth-order valence-corrected chi connectivity index (χ4v) is 1.74. The first-order valence-corrected chi connectivity index (χ1v) is 6.43. The standard InChI is InChI=1S/C14H22N2O2/c1-3-18-13-10-8-12(9-11-13)6-4-5-7-14(17)16-15-2/h8-11,15H,3-7H2,1-2H3,(H,16,17). The topological polar surface area (TPSA) is 50.4 Å². The molecule has 0 radical (unpaired) electrons. The molecule has 0 saturated heterocycles. The van der Waals surface area contributed by atoms with Crippen LogP contribution in [0.1, 0.15) is 31.7 Å². The maximum Gasteiger partial charge on any atom is 0.234 e. The van der Waals surface area contributed by atoms with Crippen LogP contribution in [-0.4, -0.2) is 19.6 Å². The quantitative estimate of drug-likeness (QED) is 0.548. The van der Waals surface area contributed by atoms with Gasteiger partial charge < -0.3 is 4.74 Å². The summed E-state index contributed by atoms with van der Waals surface area (Å²) in [5.74, 6) is 0.957. The molecule has 100 valence electrons. The third-order valence-electron chi connectivity index (χ3n) is 2.62. The molecule has 1 aromatic carbocycles. The molecule has 0 unspecified atom stereocenters. The Bertz CT molecular complexity index is 349. The van der Waals surface area contributed by atoms with E-state index in [1.54, 1.807) is 7.05 Å². The number of hydrazine groups is 1. The van der Waals surface area contributed by atoms with Gasteiger partial charge in [-0.3, -0.25) is 10.2 Å². The molecular formula is C14H22N2O2. The second-order valence-corrected chi connectivity index (χ2v) is 4.08. The van der Waals surface area contributed by atoms with Crippen LogP contribution in [-0.2, 0) is 11.2 Å². The number of unbranched alkanes of at least 4 members (excludes halogenated alkanes) is 1. The largest absolute Gasteiger partial charge is 0.494 e. The average Bonchev–Trinajstić information content (AvgIpc) is 2.37. The Hall–Kier alpha value is -1.55. The highest BCUT2D eigenvalue weighted by molar-refractivity contribution is 5.75. The summed E-state index contributed by atoms with van der Waals surface area (Å²) in [6.07, 6.45) is 3.49. The summed E-state index contributed by atoms with van der Waals surface area (Å²) >= 11 is 0. The van der Waals surface area contributed by atoms with E-state index in [4.69, 9.17) is 4.74 Å². The molecule has 0 spiro atoms. The molecule has 4 nitrogen and oxygen atoms in total. The van der Waals surface area contributed by atoms with Crippen LogP contribution in [0.3, 0.4) is 0 Å². The van der Waals surface area contributed by atoms with Crippen molar-refractivity contribution in [3.8, 4) is 5.75 Å². The van der Waals surface area contributed by atoms with Crippen LogP contribution >= 0.6 is 0 Å². The van der Waals surface area contributed by atoms with Crippen molar-refractivity contribution in [2.45, 2.75) is 32.6 Å². The summed E-state index contributed by atoms with van der Waals surface area (Å²) in [5, 5.41) is 0. The number of benzene rings is 1. The average molecular weight is 250 g/mol. The number of amides is 1. The molecule has 0 aliphatic rings. The summed E-state index contributed by atoms with van der Waals surface area (Å²) in [6, 6.07) is 8.15. The van der Waals surface area contributed by atoms with Crippen molar-refractivity contribution >= 4 is 5.91 Å². The van der Waals surface area contributed by atoms with Crippen molar-refractivity contribution in [1.82, 2.24) is 10.9 Å². The third kappa shape index (κ3) is 5.68. The maximum absolute atomic E-state index is 11.2. The number of hydrogen-bond donors (Lipinski definition) is 2. The van der Waals surface area contributed by atoms with Crippen molar-refractivity contribution < 1.29 is 9.53 Å². The van der Waals surface area contributed by atoms with Crippen molar-refractivity contribution in [2.24, 2.45) is 0 Å². The first-order chi connectivity index (χ1) is 8.76. The van der Waals surface area contributed by atoms with E-state index < -0.39 is 0 Å². The molecule has 0 fully saturated rings. The molecule has 4 heteroatoms. The SMILES string of the molecule is CCOc1ccc(CCCCC(=O)NNC)cc1. The van der Waals surface area contributed by atoms with Gasteiger partial charge in [0.05, 0.1) is 6.61 Å². The first kappa shape index (κ1) is 14.5. The van der Waals surface area contributed by atoms with Gasteiger partial charge in [0.25, 0.3) is 0 Å². The van der Waals surface area contributed by atoms with Crippen LogP contribution in [0.2, 0.25) is 0 Å². The molecule has 0 aliphatic carbocycles. The minimum absolute atomic E-state index is 0.0455. The van der Waals surface area contributed by atoms with Crippen molar-refractivity contribution in [3.05, 3.63) is 29.8 Å². The van der Waals surface area contributed by atoms with Gasteiger partial charge in [-0.1, -0.05) is 12.1 Å². The fraction of sp³-hybridized carbons (Fsp3) is 0.500. The van der Waals surface area contributed by atoms with Crippen LogP contribution < -0.4 is 15.6 Å². The van der Waals surface area contributed by atoms with Gasteiger partial charge in [-0.15, -0.1) is 0 Å².